The average Bonchev–Trinajstić information content (AvgIpc) is 3.01. The SMILES string of the molecule is CCC1=CC(C(=O)N2CCc3ccccc3[C@H]2C)Cc2cc(Br)cn21. The molecular weight excluding hydrogens is 376 g/mol. The highest BCUT2D eigenvalue weighted by Gasteiger charge is 2.33. The molecule has 4 heteroatoms. The van der Waals surface area contributed by atoms with Crippen LogP contribution >= 0.6 is 15.9 Å². The van der Waals surface area contributed by atoms with Crippen molar-refractivity contribution in [3.63, 3.8) is 0 Å². The van der Waals surface area contributed by atoms with Crippen molar-refractivity contribution in [3.05, 3.63) is 63.9 Å². The summed E-state index contributed by atoms with van der Waals surface area (Å²) in [6.45, 7) is 5.12. The Balaban J connectivity index is 1.62. The molecule has 3 nitrogen and oxygen atoms in total. The van der Waals surface area contributed by atoms with E-state index in [1.54, 1.807) is 0 Å². The lowest BCUT2D eigenvalue weighted by Crippen LogP contribution is -2.43. The van der Waals surface area contributed by atoms with Crippen LogP contribution in [0.2, 0.25) is 0 Å². The highest BCUT2D eigenvalue weighted by atomic mass is 79.9. The molecule has 2 aromatic rings. The van der Waals surface area contributed by atoms with Crippen molar-refractivity contribution < 1.29 is 4.79 Å². The molecule has 2 atom stereocenters. The van der Waals surface area contributed by atoms with Crippen LogP contribution < -0.4 is 0 Å². The molecule has 1 unspecified atom stereocenters. The average molecular weight is 399 g/mol. The first kappa shape index (κ1) is 16.6. The summed E-state index contributed by atoms with van der Waals surface area (Å²) in [5, 5.41) is 0. The van der Waals surface area contributed by atoms with Gasteiger partial charge < -0.3 is 9.47 Å². The lowest BCUT2D eigenvalue weighted by atomic mass is 9.90. The first-order valence-electron chi connectivity index (χ1n) is 9.04. The van der Waals surface area contributed by atoms with E-state index in [0.717, 1.165) is 30.3 Å². The Kier molecular flexibility index (Phi) is 4.32. The third-order valence-electron chi connectivity index (χ3n) is 5.56. The van der Waals surface area contributed by atoms with Crippen molar-refractivity contribution >= 4 is 27.5 Å². The van der Waals surface area contributed by atoms with Crippen molar-refractivity contribution in [1.29, 1.82) is 0 Å². The van der Waals surface area contributed by atoms with Crippen LogP contribution in [0.25, 0.3) is 5.70 Å². The van der Waals surface area contributed by atoms with Gasteiger partial charge in [0, 0.05) is 35.0 Å². The van der Waals surface area contributed by atoms with Gasteiger partial charge in [-0.05, 0) is 52.9 Å². The molecule has 0 fully saturated rings. The maximum Gasteiger partial charge on any atom is 0.230 e. The molecule has 1 aromatic heterocycles. The largest absolute Gasteiger partial charge is 0.335 e. The molecule has 25 heavy (non-hydrogen) atoms. The fourth-order valence-electron chi connectivity index (χ4n) is 4.23. The van der Waals surface area contributed by atoms with Crippen molar-refractivity contribution in [2.75, 3.05) is 6.54 Å². The minimum absolute atomic E-state index is 0.0584. The molecule has 0 spiro atoms. The zero-order chi connectivity index (χ0) is 17.6. The summed E-state index contributed by atoms with van der Waals surface area (Å²) in [5.41, 5.74) is 5.11. The van der Waals surface area contributed by atoms with E-state index in [4.69, 9.17) is 0 Å². The molecule has 0 aliphatic carbocycles. The third-order valence-corrected chi connectivity index (χ3v) is 5.99. The third kappa shape index (κ3) is 2.86. The fourth-order valence-corrected chi connectivity index (χ4v) is 4.70. The van der Waals surface area contributed by atoms with Gasteiger partial charge in [0.25, 0.3) is 0 Å². The van der Waals surface area contributed by atoms with E-state index < -0.39 is 0 Å². The topological polar surface area (TPSA) is 25.2 Å². The maximum atomic E-state index is 13.3. The lowest BCUT2D eigenvalue weighted by Gasteiger charge is -2.38. The number of allylic oxidation sites excluding steroid dienone is 1. The highest BCUT2D eigenvalue weighted by Crippen LogP contribution is 2.34. The summed E-state index contributed by atoms with van der Waals surface area (Å²) in [6.07, 6.45) is 6.93. The number of amides is 1. The van der Waals surface area contributed by atoms with Crippen LogP contribution in [-0.2, 0) is 17.6 Å². The molecule has 1 amide bonds. The second-order valence-corrected chi connectivity index (χ2v) is 7.91. The van der Waals surface area contributed by atoms with Crippen molar-refractivity contribution in [1.82, 2.24) is 9.47 Å². The summed E-state index contributed by atoms with van der Waals surface area (Å²) in [4.78, 5) is 15.4. The van der Waals surface area contributed by atoms with E-state index in [-0.39, 0.29) is 17.9 Å². The van der Waals surface area contributed by atoms with Crippen molar-refractivity contribution in [2.24, 2.45) is 5.92 Å². The van der Waals surface area contributed by atoms with Crippen LogP contribution in [0.1, 0.15) is 43.1 Å². The Bertz CT molecular complexity index is 851. The Hall–Kier alpha value is -1.81. The normalized spacial score (nSPS) is 22.2. The molecule has 3 heterocycles. The van der Waals surface area contributed by atoms with Gasteiger partial charge in [0.2, 0.25) is 5.91 Å². The Morgan fingerprint density at radius 2 is 2.12 bits per heavy atom. The van der Waals surface area contributed by atoms with Crippen molar-refractivity contribution in [2.45, 2.75) is 39.2 Å². The number of carbonyl (C=O) groups excluding carboxylic acids is 1. The first-order chi connectivity index (χ1) is 12.1. The minimum Gasteiger partial charge on any atom is -0.335 e. The number of halogens is 1. The summed E-state index contributed by atoms with van der Waals surface area (Å²) in [6, 6.07) is 10.8. The molecule has 130 valence electrons. The molecule has 1 aromatic carbocycles. The van der Waals surface area contributed by atoms with Gasteiger partial charge in [-0.2, -0.15) is 0 Å². The van der Waals surface area contributed by atoms with Gasteiger partial charge in [0.1, 0.15) is 0 Å². The van der Waals surface area contributed by atoms with Crippen LogP contribution in [-0.4, -0.2) is 21.9 Å². The van der Waals surface area contributed by atoms with E-state index in [1.807, 2.05) is 0 Å². The summed E-state index contributed by atoms with van der Waals surface area (Å²) >= 11 is 3.57. The van der Waals surface area contributed by atoms with Gasteiger partial charge in [-0.25, -0.2) is 0 Å². The Labute approximate surface area is 157 Å². The van der Waals surface area contributed by atoms with Crippen LogP contribution in [0.4, 0.5) is 0 Å². The van der Waals surface area contributed by atoms with Gasteiger partial charge in [0.15, 0.2) is 0 Å². The molecule has 0 saturated heterocycles. The second-order valence-electron chi connectivity index (χ2n) is 7.00. The number of rotatable bonds is 2. The minimum atomic E-state index is -0.0584. The number of hydrogen-bond acceptors (Lipinski definition) is 1. The van der Waals surface area contributed by atoms with Gasteiger partial charge in [-0.1, -0.05) is 37.3 Å². The quantitative estimate of drug-likeness (QED) is 0.711. The second kappa shape index (κ2) is 6.49. The van der Waals surface area contributed by atoms with Gasteiger partial charge in [0.05, 0.1) is 12.0 Å². The summed E-state index contributed by atoms with van der Waals surface area (Å²) < 4.78 is 3.30. The van der Waals surface area contributed by atoms with Gasteiger partial charge >= 0.3 is 0 Å². The van der Waals surface area contributed by atoms with Gasteiger partial charge in [-0.3, -0.25) is 4.79 Å². The smallest absolute Gasteiger partial charge is 0.230 e. The zero-order valence-corrected chi connectivity index (χ0v) is 16.3. The summed E-state index contributed by atoms with van der Waals surface area (Å²) in [5.74, 6) is 0.202. The molecule has 0 saturated carbocycles. The zero-order valence-electron chi connectivity index (χ0n) is 14.7. The Morgan fingerprint density at radius 3 is 2.92 bits per heavy atom. The fraction of sp³-hybridized carbons (Fsp3) is 0.381. The summed E-state index contributed by atoms with van der Waals surface area (Å²) in [7, 11) is 0. The predicted octanol–water partition coefficient (Wildman–Crippen LogP) is 4.82. The van der Waals surface area contributed by atoms with Crippen molar-refractivity contribution in [3.8, 4) is 0 Å². The Morgan fingerprint density at radius 1 is 1.32 bits per heavy atom. The number of hydrogen-bond donors (Lipinski definition) is 0. The molecule has 2 aliphatic rings. The van der Waals surface area contributed by atoms with E-state index in [2.05, 4.69) is 81.8 Å². The first-order valence-corrected chi connectivity index (χ1v) is 9.84. The van der Waals surface area contributed by atoms with E-state index in [0.29, 0.717) is 0 Å². The molecule has 0 radical (unpaired) electrons. The maximum absolute atomic E-state index is 13.3. The van der Waals surface area contributed by atoms with Crippen LogP contribution in [0.15, 0.2) is 47.1 Å². The molecule has 0 N–H and O–H groups in total. The predicted molar refractivity (Wildman–Crippen MR) is 104 cm³/mol. The van der Waals surface area contributed by atoms with Crippen LogP contribution in [0.3, 0.4) is 0 Å². The van der Waals surface area contributed by atoms with Crippen LogP contribution in [0, 0.1) is 5.92 Å². The van der Waals surface area contributed by atoms with E-state index in [1.165, 1.54) is 22.5 Å². The lowest BCUT2D eigenvalue weighted by molar-refractivity contribution is -0.136. The van der Waals surface area contributed by atoms with Crippen LogP contribution in [0.5, 0.6) is 0 Å². The molecule has 2 aliphatic heterocycles. The number of nitrogens with zero attached hydrogens (tertiary/aromatic N) is 2. The molecular formula is C21H23BrN2O. The molecule has 0 bridgehead atoms. The number of fused-ring (bicyclic) bond motifs is 2. The number of aromatic nitrogens is 1. The van der Waals surface area contributed by atoms with E-state index >= 15 is 0 Å². The highest BCUT2D eigenvalue weighted by molar-refractivity contribution is 9.10. The van der Waals surface area contributed by atoms with E-state index in [9.17, 15) is 4.79 Å². The van der Waals surface area contributed by atoms with Gasteiger partial charge in [-0.15, -0.1) is 0 Å². The molecule has 4 rings (SSSR count). The number of benzene rings is 1. The standard InChI is InChI=1S/C21H23BrN2O/c1-3-18-10-16(11-19-12-17(22)13-24(18)19)21(25)23-9-8-15-6-4-5-7-20(15)14(23)2/h4-7,10,12-14,16H,3,8-9,11H2,1-2H3/t14-,16?/m1/s1. The number of carbonyl (C=O) groups is 1. The monoisotopic (exact) mass is 398 g/mol.